The van der Waals surface area contributed by atoms with Crippen LogP contribution in [0.5, 0.6) is 0 Å². The molecule has 0 radical (unpaired) electrons. The van der Waals surface area contributed by atoms with Crippen molar-refractivity contribution < 1.29 is 13.6 Å². The van der Waals surface area contributed by atoms with E-state index in [9.17, 15) is 4.57 Å². The highest BCUT2D eigenvalue weighted by Crippen LogP contribution is 2.57. The fourth-order valence-electron chi connectivity index (χ4n) is 1.81. The van der Waals surface area contributed by atoms with Crippen LogP contribution in [0.25, 0.3) is 0 Å². The maximum Gasteiger partial charge on any atom is 0.455 e. The van der Waals surface area contributed by atoms with E-state index in [0.717, 1.165) is 11.9 Å². The highest BCUT2D eigenvalue weighted by Gasteiger charge is 2.34. The van der Waals surface area contributed by atoms with Gasteiger partial charge in [-0.25, -0.2) is 4.57 Å². The van der Waals surface area contributed by atoms with Gasteiger partial charge in [0.05, 0.1) is 12.7 Å². The monoisotopic (exact) mass is 359 g/mol. The van der Waals surface area contributed by atoms with Gasteiger partial charge in [0, 0.05) is 25.5 Å². The van der Waals surface area contributed by atoms with E-state index in [1.54, 1.807) is 31.1 Å². The lowest BCUT2D eigenvalue weighted by Crippen LogP contribution is -2.32. The molecule has 0 amide bonds. The van der Waals surface area contributed by atoms with Crippen molar-refractivity contribution in [2.75, 3.05) is 20.7 Å². The van der Waals surface area contributed by atoms with Crippen molar-refractivity contribution in [3.8, 4) is 0 Å². The molecule has 0 aromatic heterocycles. The van der Waals surface area contributed by atoms with E-state index >= 15 is 0 Å². The fraction of sp³-hybridized carbons (Fsp3) is 0.385. The zero-order chi connectivity index (χ0) is 16.9. The lowest BCUT2D eigenvalue weighted by atomic mass is 10.1. The van der Waals surface area contributed by atoms with E-state index in [4.69, 9.17) is 26.4 Å². The Hall–Kier alpha value is -1.60. The molecule has 2 unspecified atom stereocenters. The normalized spacial score (nSPS) is 25.5. The number of hydrazone groups is 1. The molecule has 23 heavy (non-hydrogen) atoms. The van der Waals surface area contributed by atoms with E-state index in [-0.39, 0.29) is 18.7 Å². The van der Waals surface area contributed by atoms with Crippen LogP contribution >= 0.6 is 19.3 Å². The Kier molecular flexibility index (Phi) is 6.01. The average Bonchev–Trinajstić information content (AvgIpc) is 2.51. The van der Waals surface area contributed by atoms with Crippen LogP contribution in [0.1, 0.15) is 18.1 Å². The lowest BCUT2D eigenvalue weighted by molar-refractivity contribution is 0.0818. The Bertz CT molecular complexity index is 652. The first-order valence-electron chi connectivity index (χ1n) is 6.88. The summed E-state index contributed by atoms with van der Waals surface area (Å²) >= 11 is 5.97. The van der Waals surface area contributed by atoms with Gasteiger partial charge in [-0.15, -0.1) is 5.10 Å². The summed E-state index contributed by atoms with van der Waals surface area (Å²) in [6.07, 6.45) is 1.32. The van der Waals surface area contributed by atoms with Crippen LogP contribution in [-0.2, 0) is 13.6 Å². The highest BCUT2D eigenvalue weighted by atomic mass is 35.5. The number of hydrogen-bond acceptors (Lipinski definition) is 4. The first kappa shape index (κ1) is 17.7. The molecule has 1 heterocycles. The standard InChI is InChI=1S/C13H19ClN5O3P/c1-19(2)13(15)18-16-9-17-23(20)21-7-6-12(22-23)10-4-3-5-11(14)8-10/h3-5,8-9,12H,6-7H2,1-2H3,(H2,15,18)(H,16,17,20). The van der Waals surface area contributed by atoms with E-state index in [1.807, 2.05) is 12.1 Å². The molecule has 2 atom stereocenters. The SMILES string of the molecule is CN(C)C(N)=NNC=NP1(=O)OCCC(c2cccc(Cl)c2)O1. The molecule has 10 heteroatoms. The minimum absolute atomic E-state index is 0.247. The second kappa shape index (κ2) is 7.79. The summed E-state index contributed by atoms with van der Waals surface area (Å²) in [4.78, 5) is 1.60. The van der Waals surface area contributed by atoms with E-state index in [0.29, 0.717) is 11.4 Å². The number of nitrogens with zero attached hydrogens (tertiary/aromatic N) is 3. The van der Waals surface area contributed by atoms with Crippen molar-refractivity contribution in [3.05, 3.63) is 34.9 Å². The van der Waals surface area contributed by atoms with Gasteiger partial charge in [0.15, 0.2) is 0 Å². The summed E-state index contributed by atoms with van der Waals surface area (Å²) in [5.74, 6) is 0.247. The van der Waals surface area contributed by atoms with E-state index in [2.05, 4.69) is 15.3 Å². The van der Waals surface area contributed by atoms with Gasteiger partial charge < -0.3 is 10.6 Å². The Balaban J connectivity index is 2.01. The number of hydrogen-bond donors (Lipinski definition) is 2. The van der Waals surface area contributed by atoms with E-state index in [1.165, 1.54) is 0 Å². The van der Waals surface area contributed by atoms with Gasteiger partial charge in [0.2, 0.25) is 5.96 Å². The van der Waals surface area contributed by atoms with Gasteiger partial charge in [-0.2, -0.15) is 4.76 Å². The molecule has 0 bridgehead atoms. The molecular weight excluding hydrogens is 341 g/mol. The van der Waals surface area contributed by atoms with Crippen molar-refractivity contribution in [2.45, 2.75) is 12.5 Å². The summed E-state index contributed by atoms with van der Waals surface area (Å²) in [6, 6.07) is 7.20. The van der Waals surface area contributed by atoms with Crippen LogP contribution in [0.2, 0.25) is 5.02 Å². The second-order valence-electron chi connectivity index (χ2n) is 4.98. The van der Waals surface area contributed by atoms with Gasteiger partial charge in [0.1, 0.15) is 6.34 Å². The van der Waals surface area contributed by atoms with Gasteiger partial charge in [-0.05, 0) is 17.7 Å². The molecule has 1 aliphatic rings. The Morgan fingerprint density at radius 1 is 1.57 bits per heavy atom. The molecule has 126 valence electrons. The summed E-state index contributed by atoms with van der Waals surface area (Å²) < 4.78 is 27.0. The second-order valence-corrected chi connectivity index (χ2v) is 7.05. The van der Waals surface area contributed by atoms with Gasteiger partial charge in [0.25, 0.3) is 0 Å². The predicted octanol–water partition coefficient (Wildman–Crippen LogP) is 2.34. The molecule has 0 aliphatic carbocycles. The average molecular weight is 360 g/mol. The summed E-state index contributed by atoms with van der Waals surface area (Å²) in [5.41, 5.74) is 8.90. The molecule has 2 rings (SSSR count). The zero-order valence-corrected chi connectivity index (χ0v) is 14.5. The largest absolute Gasteiger partial charge is 0.455 e. The van der Waals surface area contributed by atoms with Crippen LogP contribution in [0.4, 0.5) is 0 Å². The smallest absolute Gasteiger partial charge is 0.368 e. The van der Waals surface area contributed by atoms with Crippen LogP contribution < -0.4 is 11.2 Å². The van der Waals surface area contributed by atoms with Crippen molar-refractivity contribution in [3.63, 3.8) is 0 Å². The highest BCUT2D eigenvalue weighted by molar-refractivity contribution is 7.52. The third-order valence-electron chi connectivity index (χ3n) is 3.01. The molecule has 1 aliphatic heterocycles. The molecule has 1 aromatic carbocycles. The number of nitrogens with two attached hydrogens (primary N) is 1. The van der Waals surface area contributed by atoms with Crippen molar-refractivity contribution >= 4 is 31.6 Å². The number of halogens is 1. The molecule has 0 saturated carbocycles. The summed E-state index contributed by atoms with van der Waals surface area (Å²) in [6.45, 7) is 0.273. The minimum atomic E-state index is -3.59. The minimum Gasteiger partial charge on any atom is -0.368 e. The molecule has 1 fully saturated rings. The predicted molar refractivity (Wildman–Crippen MR) is 90.4 cm³/mol. The Labute approximate surface area is 139 Å². The topological polar surface area (TPSA) is 102 Å². The third-order valence-corrected chi connectivity index (χ3v) is 4.67. The molecule has 0 spiro atoms. The molecule has 8 nitrogen and oxygen atoms in total. The lowest BCUT2D eigenvalue weighted by Gasteiger charge is -2.27. The van der Waals surface area contributed by atoms with Crippen LogP contribution in [0.3, 0.4) is 0 Å². The summed E-state index contributed by atoms with van der Waals surface area (Å²) in [7, 11) is -0.116. The molecule has 1 saturated heterocycles. The Morgan fingerprint density at radius 2 is 2.35 bits per heavy atom. The number of benzene rings is 1. The number of rotatable bonds is 4. The first-order chi connectivity index (χ1) is 10.9. The number of guanidine groups is 1. The first-order valence-corrected chi connectivity index (χ1v) is 8.75. The van der Waals surface area contributed by atoms with Crippen LogP contribution in [0, 0.1) is 0 Å². The van der Waals surface area contributed by atoms with E-state index < -0.39 is 7.75 Å². The number of nitrogens with one attached hydrogen (secondary N) is 1. The van der Waals surface area contributed by atoms with Crippen molar-refractivity contribution in [2.24, 2.45) is 15.6 Å². The van der Waals surface area contributed by atoms with Gasteiger partial charge in [-0.1, -0.05) is 23.7 Å². The zero-order valence-electron chi connectivity index (χ0n) is 12.8. The van der Waals surface area contributed by atoms with Crippen molar-refractivity contribution in [1.82, 2.24) is 10.3 Å². The quantitative estimate of drug-likeness (QED) is 0.370. The van der Waals surface area contributed by atoms with Crippen LogP contribution in [0.15, 0.2) is 34.1 Å². The summed E-state index contributed by atoms with van der Waals surface area (Å²) in [5, 5.41) is 4.39. The van der Waals surface area contributed by atoms with Crippen molar-refractivity contribution in [1.29, 1.82) is 0 Å². The molecule has 3 N–H and O–H groups in total. The molecule has 1 aromatic rings. The maximum atomic E-state index is 12.5. The van der Waals surface area contributed by atoms with Crippen LogP contribution in [-0.4, -0.2) is 37.9 Å². The fourth-order valence-corrected chi connectivity index (χ4v) is 3.26. The third kappa shape index (κ3) is 5.21. The maximum absolute atomic E-state index is 12.5. The molecular formula is C13H19ClN5O3P. The Morgan fingerprint density at radius 3 is 3.04 bits per heavy atom. The van der Waals surface area contributed by atoms with Gasteiger partial charge in [-0.3, -0.25) is 14.5 Å². The van der Waals surface area contributed by atoms with Gasteiger partial charge >= 0.3 is 7.75 Å².